The maximum atomic E-state index is 13.0. The zero-order chi connectivity index (χ0) is 22.9. The number of halogens is 4. The molecule has 3 aromatic rings. The molecule has 0 radical (unpaired) electrons. The summed E-state index contributed by atoms with van der Waals surface area (Å²) in [6, 6.07) is 3.42. The minimum absolute atomic E-state index is 0.0564. The van der Waals surface area contributed by atoms with Crippen molar-refractivity contribution in [3.63, 3.8) is 0 Å². The van der Waals surface area contributed by atoms with E-state index in [0.717, 1.165) is 36.8 Å². The first-order valence-corrected chi connectivity index (χ1v) is 10.4. The summed E-state index contributed by atoms with van der Waals surface area (Å²) in [6.07, 6.45) is -0.756. The molecule has 1 aliphatic rings. The van der Waals surface area contributed by atoms with Crippen LogP contribution in [0.15, 0.2) is 40.2 Å². The standard InChI is InChI=1S/C20H20ClF3N6O2/c21-15-11-13-16(12-14(15)20(22,23)24)27-19(32)30(17(13)31)6-2-5-28-7-9-29(10-8-28)18-25-3-1-4-26-18/h1,3-4,11-12H,2,5-10H2,(H,27,32). The van der Waals surface area contributed by atoms with Crippen LogP contribution in [-0.2, 0) is 12.7 Å². The largest absolute Gasteiger partial charge is 0.417 e. The van der Waals surface area contributed by atoms with Crippen LogP contribution in [0.3, 0.4) is 0 Å². The Balaban J connectivity index is 1.42. The molecule has 1 N–H and O–H groups in total. The lowest BCUT2D eigenvalue weighted by atomic mass is 10.1. The Morgan fingerprint density at radius 3 is 2.38 bits per heavy atom. The van der Waals surface area contributed by atoms with Crippen molar-refractivity contribution >= 4 is 28.5 Å². The second-order valence-corrected chi connectivity index (χ2v) is 7.90. The number of aromatic nitrogens is 4. The van der Waals surface area contributed by atoms with Crippen molar-refractivity contribution in [2.45, 2.75) is 19.1 Å². The van der Waals surface area contributed by atoms with Gasteiger partial charge >= 0.3 is 11.9 Å². The number of fused-ring (bicyclic) bond motifs is 1. The molecule has 1 saturated heterocycles. The van der Waals surface area contributed by atoms with E-state index in [2.05, 4.69) is 24.8 Å². The Morgan fingerprint density at radius 2 is 1.72 bits per heavy atom. The molecule has 12 heteroatoms. The lowest BCUT2D eigenvalue weighted by Gasteiger charge is -2.34. The molecule has 0 atom stereocenters. The molecule has 4 rings (SSSR count). The van der Waals surface area contributed by atoms with Gasteiger partial charge in [-0.1, -0.05) is 11.6 Å². The van der Waals surface area contributed by atoms with Crippen molar-refractivity contribution in [3.05, 3.63) is 62.0 Å². The minimum atomic E-state index is -4.69. The zero-order valence-electron chi connectivity index (χ0n) is 16.9. The summed E-state index contributed by atoms with van der Waals surface area (Å²) in [4.78, 5) is 40.2. The van der Waals surface area contributed by atoms with Crippen molar-refractivity contribution in [3.8, 4) is 0 Å². The first-order chi connectivity index (χ1) is 15.2. The van der Waals surface area contributed by atoms with Crippen molar-refractivity contribution in [1.29, 1.82) is 0 Å². The van der Waals surface area contributed by atoms with E-state index in [1.807, 2.05) is 0 Å². The molecule has 0 unspecified atom stereocenters. The number of nitrogens with zero attached hydrogens (tertiary/aromatic N) is 5. The topological polar surface area (TPSA) is 87.1 Å². The first kappa shape index (κ1) is 22.3. The van der Waals surface area contributed by atoms with E-state index in [0.29, 0.717) is 25.0 Å². The number of hydrogen-bond acceptors (Lipinski definition) is 6. The van der Waals surface area contributed by atoms with E-state index in [4.69, 9.17) is 11.6 Å². The highest BCUT2D eigenvalue weighted by Gasteiger charge is 2.34. The molecule has 3 heterocycles. The fourth-order valence-electron chi connectivity index (χ4n) is 3.77. The maximum Gasteiger partial charge on any atom is 0.417 e. The first-order valence-electron chi connectivity index (χ1n) is 10.0. The summed E-state index contributed by atoms with van der Waals surface area (Å²) in [5.74, 6) is 0.689. The Kier molecular flexibility index (Phi) is 6.20. The molecular formula is C20H20ClF3N6O2. The van der Waals surface area contributed by atoms with Crippen LogP contribution < -0.4 is 16.1 Å². The van der Waals surface area contributed by atoms with Crippen molar-refractivity contribution < 1.29 is 13.2 Å². The van der Waals surface area contributed by atoms with Crippen molar-refractivity contribution in [1.82, 2.24) is 24.4 Å². The number of anilines is 1. The van der Waals surface area contributed by atoms with Gasteiger partial charge in [0.15, 0.2) is 0 Å². The third-order valence-corrected chi connectivity index (χ3v) is 5.75. The molecule has 0 saturated carbocycles. The van der Waals surface area contributed by atoms with Crippen LogP contribution in [0.25, 0.3) is 10.9 Å². The number of aromatic amines is 1. The molecule has 2 aromatic heterocycles. The van der Waals surface area contributed by atoms with Crippen molar-refractivity contribution in [2.75, 3.05) is 37.6 Å². The fraction of sp³-hybridized carbons (Fsp3) is 0.400. The number of nitrogens with one attached hydrogen (secondary N) is 1. The van der Waals surface area contributed by atoms with Crippen LogP contribution in [0, 0.1) is 0 Å². The molecule has 0 bridgehead atoms. The van der Waals surface area contributed by atoms with E-state index in [1.54, 1.807) is 18.5 Å². The smallest absolute Gasteiger partial charge is 0.338 e. The van der Waals surface area contributed by atoms with E-state index in [1.165, 1.54) is 0 Å². The Hall–Kier alpha value is -2.92. The van der Waals surface area contributed by atoms with E-state index >= 15 is 0 Å². The third-order valence-electron chi connectivity index (χ3n) is 5.44. The van der Waals surface area contributed by atoms with E-state index < -0.39 is 28.0 Å². The molecule has 32 heavy (non-hydrogen) atoms. The monoisotopic (exact) mass is 468 g/mol. The second kappa shape index (κ2) is 8.91. The van der Waals surface area contributed by atoms with E-state index in [-0.39, 0.29) is 17.4 Å². The van der Waals surface area contributed by atoms with Crippen LogP contribution in [0.2, 0.25) is 5.02 Å². The quantitative estimate of drug-likeness (QED) is 0.618. The van der Waals surface area contributed by atoms with Crippen LogP contribution in [0.1, 0.15) is 12.0 Å². The average molecular weight is 469 g/mol. The molecular weight excluding hydrogens is 449 g/mol. The molecule has 8 nitrogen and oxygen atoms in total. The van der Waals surface area contributed by atoms with Gasteiger partial charge in [0.25, 0.3) is 5.56 Å². The van der Waals surface area contributed by atoms with Crippen LogP contribution in [0.4, 0.5) is 19.1 Å². The molecule has 1 aliphatic heterocycles. The molecule has 1 fully saturated rings. The van der Waals surface area contributed by atoms with Crippen LogP contribution >= 0.6 is 11.6 Å². The molecule has 170 valence electrons. The number of benzene rings is 1. The molecule has 0 spiro atoms. The predicted molar refractivity (Wildman–Crippen MR) is 114 cm³/mol. The number of hydrogen-bond donors (Lipinski definition) is 1. The van der Waals surface area contributed by atoms with Gasteiger partial charge in [-0.3, -0.25) is 14.3 Å². The SMILES string of the molecule is O=c1[nH]c2cc(C(F)(F)F)c(Cl)cc2c(=O)n1CCCN1CCN(c2ncccn2)CC1. The highest BCUT2D eigenvalue weighted by Crippen LogP contribution is 2.35. The summed E-state index contributed by atoms with van der Waals surface area (Å²) in [5, 5.41) is -0.639. The Bertz CT molecular complexity index is 1220. The van der Waals surface area contributed by atoms with Gasteiger partial charge in [-0.05, 0) is 31.2 Å². The molecule has 1 aromatic carbocycles. The number of piperazine rings is 1. The van der Waals surface area contributed by atoms with Gasteiger partial charge in [-0.2, -0.15) is 13.2 Å². The Morgan fingerprint density at radius 1 is 1.03 bits per heavy atom. The van der Waals surface area contributed by atoms with Crippen LogP contribution in [-0.4, -0.2) is 57.1 Å². The number of rotatable bonds is 5. The highest BCUT2D eigenvalue weighted by molar-refractivity contribution is 6.32. The molecule has 0 aliphatic carbocycles. The number of H-pyrrole nitrogens is 1. The highest BCUT2D eigenvalue weighted by atomic mass is 35.5. The van der Waals surface area contributed by atoms with Crippen LogP contribution in [0.5, 0.6) is 0 Å². The third kappa shape index (κ3) is 4.63. The summed E-state index contributed by atoms with van der Waals surface area (Å²) in [5.41, 5.74) is -2.69. The Labute approximate surface area is 185 Å². The van der Waals surface area contributed by atoms with Gasteiger partial charge in [0.05, 0.1) is 21.5 Å². The summed E-state index contributed by atoms with van der Waals surface area (Å²) >= 11 is 5.73. The number of alkyl halides is 3. The van der Waals surface area contributed by atoms with Gasteiger partial charge in [0, 0.05) is 45.1 Å². The minimum Gasteiger partial charge on any atom is -0.338 e. The van der Waals surface area contributed by atoms with Gasteiger partial charge < -0.3 is 9.88 Å². The summed E-state index contributed by atoms with van der Waals surface area (Å²) in [7, 11) is 0. The predicted octanol–water partition coefficient (Wildman–Crippen LogP) is 2.36. The maximum absolute atomic E-state index is 13.0. The van der Waals surface area contributed by atoms with Gasteiger partial charge in [0.1, 0.15) is 0 Å². The lowest BCUT2D eigenvalue weighted by Crippen LogP contribution is -2.47. The second-order valence-electron chi connectivity index (χ2n) is 7.49. The van der Waals surface area contributed by atoms with E-state index in [9.17, 15) is 22.8 Å². The average Bonchev–Trinajstić information content (AvgIpc) is 2.76. The lowest BCUT2D eigenvalue weighted by molar-refractivity contribution is -0.137. The van der Waals surface area contributed by atoms with Gasteiger partial charge in [-0.15, -0.1) is 0 Å². The zero-order valence-corrected chi connectivity index (χ0v) is 17.7. The van der Waals surface area contributed by atoms with Crippen molar-refractivity contribution in [2.24, 2.45) is 0 Å². The summed E-state index contributed by atoms with van der Waals surface area (Å²) in [6.45, 7) is 3.92. The van der Waals surface area contributed by atoms with Gasteiger partial charge in [0.2, 0.25) is 5.95 Å². The normalized spacial score (nSPS) is 15.4. The molecule has 0 amide bonds. The summed E-state index contributed by atoms with van der Waals surface area (Å²) < 4.78 is 40.1. The van der Waals surface area contributed by atoms with Gasteiger partial charge in [-0.25, -0.2) is 14.8 Å². The fourth-order valence-corrected chi connectivity index (χ4v) is 4.04.